The van der Waals surface area contributed by atoms with Crippen molar-refractivity contribution in [3.05, 3.63) is 53.1 Å². The fourth-order valence-electron chi connectivity index (χ4n) is 2.63. The summed E-state index contributed by atoms with van der Waals surface area (Å²) in [6.07, 6.45) is 0.826. The molecule has 0 aromatic heterocycles. The second-order valence-electron chi connectivity index (χ2n) is 6.27. The van der Waals surface area contributed by atoms with Gasteiger partial charge in [0.05, 0.1) is 23.8 Å². The van der Waals surface area contributed by atoms with E-state index >= 15 is 0 Å². The molecule has 2 aromatic carbocycles. The van der Waals surface area contributed by atoms with Gasteiger partial charge in [0, 0.05) is 12.0 Å². The summed E-state index contributed by atoms with van der Waals surface area (Å²) in [5.74, 6) is 1.34. The zero-order valence-electron chi connectivity index (χ0n) is 15.1. The first-order valence-electron chi connectivity index (χ1n) is 8.40. The van der Waals surface area contributed by atoms with E-state index in [4.69, 9.17) is 9.47 Å². The normalized spacial score (nSPS) is 14.7. The van der Waals surface area contributed by atoms with E-state index in [9.17, 15) is 8.42 Å². The minimum absolute atomic E-state index is 0.229. The van der Waals surface area contributed by atoms with E-state index in [1.807, 2.05) is 31.2 Å². The molecule has 0 aliphatic carbocycles. The second-order valence-corrected chi connectivity index (χ2v) is 7.90. The molecule has 1 aliphatic heterocycles. The highest BCUT2D eigenvalue weighted by Crippen LogP contribution is 2.30. The zero-order chi connectivity index (χ0) is 18.7. The molecule has 6 nitrogen and oxygen atoms in total. The van der Waals surface area contributed by atoms with Gasteiger partial charge in [-0.05, 0) is 56.2 Å². The van der Waals surface area contributed by atoms with Crippen molar-refractivity contribution >= 4 is 15.7 Å². The number of ether oxygens (including phenoxy) is 2. The first-order chi connectivity index (χ1) is 12.4. The van der Waals surface area contributed by atoms with E-state index < -0.39 is 10.0 Å². The average Bonchev–Trinajstić information content (AvgIpc) is 2.86. The third-order valence-electron chi connectivity index (χ3n) is 4.13. The van der Waals surface area contributed by atoms with Gasteiger partial charge in [-0.1, -0.05) is 12.1 Å². The summed E-state index contributed by atoms with van der Waals surface area (Å²) in [6, 6.07) is 10.7. The highest BCUT2D eigenvalue weighted by Gasteiger charge is 2.17. The first-order valence-corrected chi connectivity index (χ1v) is 9.88. The summed E-state index contributed by atoms with van der Waals surface area (Å²) in [5, 5.41) is 4.07. The predicted octanol–water partition coefficient (Wildman–Crippen LogP) is 3.17. The van der Waals surface area contributed by atoms with Crippen LogP contribution in [0.2, 0.25) is 0 Å². The topological polar surface area (TPSA) is 77.0 Å². The van der Waals surface area contributed by atoms with Crippen molar-refractivity contribution in [2.75, 3.05) is 13.2 Å². The van der Waals surface area contributed by atoms with E-state index in [0.29, 0.717) is 36.0 Å². The van der Waals surface area contributed by atoms with E-state index in [1.165, 1.54) is 0 Å². The standard InChI is InChI=1S/C19H22N2O4S/c1-13-5-6-14(2)19(11-13)26(22,23)21-20-15(3)16-7-8-17-18(12-16)25-10-4-9-24-17/h5-8,11-12,21H,4,9-10H2,1-3H3/b20-15-. The molecular formula is C19H22N2O4S. The molecule has 0 saturated heterocycles. The first kappa shape index (κ1) is 18.3. The van der Waals surface area contributed by atoms with Gasteiger partial charge in [0.25, 0.3) is 10.0 Å². The molecule has 0 fully saturated rings. The molecule has 1 aliphatic rings. The lowest BCUT2D eigenvalue weighted by molar-refractivity contribution is 0.297. The van der Waals surface area contributed by atoms with E-state index in [1.54, 1.807) is 26.0 Å². The third kappa shape index (κ3) is 3.99. The van der Waals surface area contributed by atoms with Crippen molar-refractivity contribution in [2.24, 2.45) is 5.10 Å². The third-order valence-corrected chi connectivity index (χ3v) is 5.48. The molecule has 7 heteroatoms. The van der Waals surface area contributed by atoms with Crippen LogP contribution in [0.5, 0.6) is 11.5 Å². The van der Waals surface area contributed by atoms with Gasteiger partial charge in [-0.3, -0.25) is 0 Å². The number of hydrogen-bond donors (Lipinski definition) is 1. The van der Waals surface area contributed by atoms with Crippen molar-refractivity contribution in [1.82, 2.24) is 4.83 Å². The highest BCUT2D eigenvalue weighted by molar-refractivity contribution is 7.89. The van der Waals surface area contributed by atoms with Crippen LogP contribution >= 0.6 is 0 Å². The largest absolute Gasteiger partial charge is 0.490 e. The minimum Gasteiger partial charge on any atom is -0.490 e. The van der Waals surface area contributed by atoms with Crippen LogP contribution in [-0.2, 0) is 10.0 Å². The SMILES string of the molecule is C/C(=N/NS(=O)(=O)c1cc(C)ccc1C)c1ccc2c(c1)OCCCO2. The van der Waals surface area contributed by atoms with Gasteiger partial charge in [-0.25, -0.2) is 0 Å². The summed E-state index contributed by atoms with van der Waals surface area (Å²) in [5.41, 5.74) is 2.85. The summed E-state index contributed by atoms with van der Waals surface area (Å²) in [7, 11) is -3.73. The van der Waals surface area contributed by atoms with Crippen LogP contribution in [0.4, 0.5) is 0 Å². The molecule has 0 spiro atoms. The zero-order valence-corrected chi connectivity index (χ0v) is 15.9. The average molecular weight is 374 g/mol. The Morgan fingerprint density at radius 1 is 1.04 bits per heavy atom. The number of sulfonamides is 1. The molecule has 1 heterocycles. The number of fused-ring (bicyclic) bond motifs is 1. The molecule has 0 unspecified atom stereocenters. The Balaban J connectivity index is 1.84. The Hall–Kier alpha value is -2.54. The van der Waals surface area contributed by atoms with Crippen LogP contribution in [-0.4, -0.2) is 27.3 Å². The van der Waals surface area contributed by atoms with Crippen LogP contribution in [0.3, 0.4) is 0 Å². The van der Waals surface area contributed by atoms with Gasteiger partial charge < -0.3 is 9.47 Å². The molecule has 2 aromatic rings. The van der Waals surface area contributed by atoms with Crippen molar-refractivity contribution < 1.29 is 17.9 Å². The van der Waals surface area contributed by atoms with Gasteiger partial charge in [0.1, 0.15) is 0 Å². The Morgan fingerprint density at radius 2 is 1.77 bits per heavy atom. The maximum atomic E-state index is 12.6. The number of rotatable bonds is 4. The lowest BCUT2D eigenvalue weighted by Crippen LogP contribution is -2.21. The maximum Gasteiger partial charge on any atom is 0.276 e. The van der Waals surface area contributed by atoms with Gasteiger partial charge in [0.2, 0.25) is 0 Å². The Morgan fingerprint density at radius 3 is 2.54 bits per heavy atom. The molecule has 3 rings (SSSR count). The van der Waals surface area contributed by atoms with Crippen molar-refractivity contribution in [1.29, 1.82) is 0 Å². The smallest absolute Gasteiger partial charge is 0.276 e. The van der Waals surface area contributed by atoms with Crippen LogP contribution in [0.25, 0.3) is 0 Å². The molecular weight excluding hydrogens is 352 g/mol. The van der Waals surface area contributed by atoms with Crippen LogP contribution in [0.1, 0.15) is 30.0 Å². The van der Waals surface area contributed by atoms with Crippen molar-refractivity contribution in [3.8, 4) is 11.5 Å². The Labute approximate surface area is 153 Å². The summed E-state index contributed by atoms with van der Waals surface area (Å²) >= 11 is 0. The minimum atomic E-state index is -3.73. The summed E-state index contributed by atoms with van der Waals surface area (Å²) < 4.78 is 36.4. The number of nitrogens with one attached hydrogen (secondary N) is 1. The van der Waals surface area contributed by atoms with E-state index in [2.05, 4.69) is 9.93 Å². The second kappa shape index (κ2) is 7.37. The Bertz CT molecular complexity index is 952. The fraction of sp³-hybridized carbons (Fsp3) is 0.316. The van der Waals surface area contributed by atoms with Gasteiger partial charge in [-0.2, -0.15) is 18.4 Å². The van der Waals surface area contributed by atoms with Crippen LogP contribution < -0.4 is 14.3 Å². The number of hydrogen-bond acceptors (Lipinski definition) is 5. The quantitative estimate of drug-likeness (QED) is 0.659. The molecule has 0 saturated carbocycles. The molecule has 0 amide bonds. The monoisotopic (exact) mass is 374 g/mol. The lowest BCUT2D eigenvalue weighted by atomic mass is 10.1. The van der Waals surface area contributed by atoms with E-state index in [0.717, 1.165) is 17.5 Å². The Kier molecular flexibility index (Phi) is 5.18. The van der Waals surface area contributed by atoms with Crippen molar-refractivity contribution in [3.63, 3.8) is 0 Å². The van der Waals surface area contributed by atoms with Gasteiger partial charge in [-0.15, -0.1) is 0 Å². The summed E-state index contributed by atoms with van der Waals surface area (Å²) in [4.78, 5) is 2.55. The number of aryl methyl sites for hydroxylation is 2. The maximum absolute atomic E-state index is 12.6. The molecule has 0 atom stereocenters. The van der Waals surface area contributed by atoms with Gasteiger partial charge in [0.15, 0.2) is 11.5 Å². The lowest BCUT2D eigenvalue weighted by Gasteiger charge is -2.11. The molecule has 0 radical (unpaired) electrons. The van der Waals surface area contributed by atoms with Gasteiger partial charge >= 0.3 is 0 Å². The number of hydrazone groups is 1. The van der Waals surface area contributed by atoms with E-state index in [-0.39, 0.29) is 4.90 Å². The fourth-order valence-corrected chi connectivity index (χ4v) is 3.82. The molecule has 138 valence electrons. The molecule has 26 heavy (non-hydrogen) atoms. The summed E-state index contributed by atoms with van der Waals surface area (Å²) in [6.45, 7) is 6.56. The number of nitrogens with zero attached hydrogens (tertiary/aromatic N) is 1. The predicted molar refractivity (Wildman–Crippen MR) is 100 cm³/mol. The van der Waals surface area contributed by atoms with Crippen molar-refractivity contribution in [2.45, 2.75) is 32.1 Å². The van der Waals surface area contributed by atoms with Crippen LogP contribution in [0, 0.1) is 13.8 Å². The van der Waals surface area contributed by atoms with Crippen LogP contribution in [0.15, 0.2) is 46.4 Å². The number of benzene rings is 2. The molecule has 1 N–H and O–H groups in total. The highest BCUT2D eigenvalue weighted by atomic mass is 32.2. The molecule has 0 bridgehead atoms.